The van der Waals surface area contributed by atoms with E-state index in [0.717, 1.165) is 0 Å². The molecule has 0 bridgehead atoms. The van der Waals surface area contributed by atoms with Crippen molar-refractivity contribution < 1.29 is 0 Å². The molecule has 0 spiro atoms. The standard InChI is InChI=1S/C50H47BN2S3/c1-48(2,3)30-17-22-33(23-18-30)52-37-26-21-32(50(7,8)9)27-36(37)51-45-38(52)13-12-14-39(45)53(34-24-19-31(20-25-34)49(4,5)6)46-35-28-43-44(29-42(35)56-47(46)51)55-41-16-11-10-15-40(41)54-43/h10-29H,1-9H3. The summed E-state index contributed by atoms with van der Waals surface area (Å²) < 4.78 is 2.77. The lowest BCUT2D eigenvalue weighted by molar-refractivity contribution is 0.590. The van der Waals surface area contributed by atoms with Crippen molar-refractivity contribution in [3.63, 3.8) is 0 Å². The molecule has 4 heterocycles. The summed E-state index contributed by atoms with van der Waals surface area (Å²) in [7, 11) is 0. The fourth-order valence-electron chi connectivity index (χ4n) is 8.68. The van der Waals surface area contributed by atoms with Gasteiger partial charge in [-0.05, 0) is 111 Å². The molecule has 3 aliphatic heterocycles. The fraction of sp³-hybridized carbons (Fsp3) is 0.240. The summed E-state index contributed by atoms with van der Waals surface area (Å²) in [5, 5.41) is 1.33. The van der Waals surface area contributed by atoms with Crippen LogP contribution in [-0.2, 0) is 16.2 Å². The molecule has 0 N–H and O–H groups in total. The smallest absolute Gasteiger partial charge is 0.264 e. The van der Waals surface area contributed by atoms with Crippen LogP contribution in [0.2, 0.25) is 0 Å². The maximum Gasteiger partial charge on any atom is 0.264 e. The number of nitrogens with zero attached hydrogens (tertiary/aromatic N) is 2. The van der Waals surface area contributed by atoms with Crippen LogP contribution in [0, 0.1) is 0 Å². The maximum absolute atomic E-state index is 2.59. The minimum absolute atomic E-state index is 0.00894. The zero-order valence-electron chi connectivity index (χ0n) is 33.7. The van der Waals surface area contributed by atoms with Gasteiger partial charge in [-0.2, -0.15) is 0 Å². The second-order valence-electron chi connectivity index (χ2n) is 18.7. The number of benzene rings is 6. The highest BCUT2D eigenvalue weighted by atomic mass is 32.2. The van der Waals surface area contributed by atoms with E-state index in [-0.39, 0.29) is 23.0 Å². The van der Waals surface area contributed by atoms with E-state index in [1.165, 1.54) is 96.2 Å². The van der Waals surface area contributed by atoms with E-state index >= 15 is 0 Å². The Balaban J connectivity index is 1.26. The van der Waals surface area contributed by atoms with Gasteiger partial charge in [-0.1, -0.05) is 140 Å². The SMILES string of the molecule is CC(C)(C)c1ccc(N2c3ccc(C(C)(C)C)cc3B3c4sc5cc6c(cc5c4N(c4ccc(C(C)(C)C)cc4)c4cccc2c43)Sc2ccccc2S6)cc1. The van der Waals surface area contributed by atoms with Crippen molar-refractivity contribution in [3.8, 4) is 0 Å². The molecule has 0 fully saturated rings. The first-order valence-electron chi connectivity index (χ1n) is 19.8. The molecule has 278 valence electrons. The van der Waals surface area contributed by atoms with Gasteiger partial charge in [-0.3, -0.25) is 0 Å². The molecular weight excluding hydrogens is 736 g/mol. The average Bonchev–Trinajstić information content (AvgIpc) is 3.52. The number of fused-ring (bicyclic) bond motifs is 8. The molecule has 0 unspecified atom stereocenters. The first-order valence-corrected chi connectivity index (χ1v) is 22.2. The van der Waals surface area contributed by atoms with Crippen LogP contribution in [0.5, 0.6) is 0 Å². The van der Waals surface area contributed by atoms with Gasteiger partial charge < -0.3 is 9.80 Å². The Morgan fingerprint density at radius 2 is 0.982 bits per heavy atom. The summed E-state index contributed by atoms with van der Waals surface area (Å²) in [5.74, 6) is 0. The van der Waals surface area contributed by atoms with E-state index in [2.05, 4.69) is 193 Å². The molecule has 6 heteroatoms. The average molecular weight is 783 g/mol. The Kier molecular flexibility index (Phi) is 8.09. The largest absolute Gasteiger partial charge is 0.311 e. The van der Waals surface area contributed by atoms with E-state index in [0.29, 0.717) is 0 Å². The summed E-state index contributed by atoms with van der Waals surface area (Å²) >= 11 is 5.82. The molecular formula is C50H47BN2S3. The number of hydrogen-bond donors (Lipinski definition) is 0. The topological polar surface area (TPSA) is 6.48 Å². The summed E-state index contributed by atoms with van der Waals surface area (Å²) in [5.41, 5.74) is 14.5. The summed E-state index contributed by atoms with van der Waals surface area (Å²) in [6.45, 7) is 20.9. The normalized spacial score (nSPS) is 14.6. The lowest BCUT2D eigenvalue weighted by Crippen LogP contribution is -2.60. The highest BCUT2D eigenvalue weighted by molar-refractivity contribution is 8.05. The Labute approximate surface area is 345 Å². The second kappa shape index (κ2) is 12.6. The van der Waals surface area contributed by atoms with Crippen LogP contribution in [0.4, 0.5) is 34.1 Å². The van der Waals surface area contributed by atoms with Crippen LogP contribution in [0.3, 0.4) is 0 Å². The maximum atomic E-state index is 2.59. The molecule has 2 nitrogen and oxygen atoms in total. The van der Waals surface area contributed by atoms with Gasteiger partial charge >= 0.3 is 0 Å². The molecule has 1 aromatic heterocycles. The van der Waals surface area contributed by atoms with E-state index in [4.69, 9.17) is 0 Å². The Hall–Kier alpha value is -4.36. The van der Waals surface area contributed by atoms with Crippen molar-refractivity contribution in [1.29, 1.82) is 0 Å². The molecule has 56 heavy (non-hydrogen) atoms. The Morgan fingerprint density at radius 3 is 1.55 bits per heavy atom. The molecule has 0 aliphatic carbocycles. The van der Waals surface area contributed by atoms with Gasteiger partial charge in [-0.15, -0.1) is 11.3 Å². The van der Waals surface area contributed by atoms with E-state index in [1.54, 1.807) is 0 Å². The molecule has 10 rings (SSSR count). The molecule has 6 aromatic carbocycles. The van der Waals surface area contributed by atoms with Gasteiger partial charge in [0.25, 0.3) is 6.71 Å². The third kappa shape index (κ3) is 5.69. The highest BCUT2D eigenvalue weighted by Gasteiger charge is 2.45. The molecule has 0 radical (unpaired) electrons. The molecule has 0 saturated carbocycles. The summed E-state index contributed by atoms with van der Waals surface area (Å²) in [4.78, 5) is 10.5. The summed E-state index contributed by atoms with van der Waals surface area (Å²) in [6, 6.07) is 46.8. The third-order valence-electron chi connectivity index (χ3n) is 11.8. The van der Waals surface area contributed by atoms with E-state index in [1.807, 2.05) is 34.9 Å². The number of anilines is 6. The minimum atomic E-state index is 0.00894. The van der Waals surface area contributed by atoms with Crippen LogP contribution < -0.4 is 25.5 Å². The Morgan fingerprint density at radius 1 is 0.464 bits per heavy atom. The first-order chi connectivity index (χ1) is 26.6. The molecule has 0 saturated heterocycles. The van der Waals surface area contributed by atoms with Crippen molar-refractivity contribution in [2.24, 2.45) is 0 Å². The fourth-order valence-corrected chi connectivity index (χ4v) is 12.4. The van der Waals surface area contributed by atoms with Gasteiger partial charge in [0.1, 0.15) is 0 Å². The lowest BCUT2D eigenvalue weighted by Gasteiger charge is -2.43. The van der Waals surface area contributed by atoms with Crippen molar-refractivity contribution >= 4 is 101 Å². The third-order valence-corrected chi connectivity index (χ3v) is 15.5. The van der Waals surface area contributed by atoms with E-state index in [9.17, 15) is 0 Å². The predicted octanol–water partition coefficient (Wildman–Crippen LogP) is 13.5. The van der Waals surface area contributed by atoms with Crippen LogP contribution >= 0.6 is 34.9 Å². The zero-order valence-corrected chi connectivity index (χ0v) is 36.2. The van der Waals surface area contributed by atoms with Crippen LogP contribution in [0.25, 0.3) is 10.1 Å². The zero-order chi connectivity index (χ0) is 38.9. The van der Waals surface area contributed by atoms with Gasteiger partial charge in [0.15, 0.2) is 0 Å². The monoisotopic (exact) mass is 782 g/mol. The molecule has 0 atom stereocenters. The minimum Gasteiger partial charge on any atom is -0.311 e. The molecule has 3 aliphatic rings. The first kappa shape index (κ1) is 36.0. The van der Waals surface area contributed by atoms with Gasteiger partial charge in [0.05, 0.1) is 5.69 Å². The predicted molar refractivity (Wildman–Crippen MR) is 247 cm³/mol. The Bertz CT molecular complexity index is 2710. The molecule has 7 aromatic rings. The van der Waals surface area contributed by atoms with Crippen molar-refractivity contribution in [1.82, 2.24) is 0 Å². The highest BCUT2D eigenvalue weighted by Crippen LogP contribution is 2.53. The van der Waals surface area contributed by atoms with Crippen molar-refractivity contribution in [2.75, 3.05) is 9.80 Å². The quantitative estimate of drug-likeness (QED) is 0.161. The lowest BCUT2D eigenvalue weighted by atomic mass is 9.36. The van der Waals surface area contributed by atoms with E-state index < -0.39 is 0 Å². The van der Waals surface area contributed by atoms with Crippen LogP contribution in [0.15, 0.2) is 141 Å². The van der Waals surface area contributed by atoms with Crippen LogP contribution in [0.1, 0.15) is 79.0 Å². The van der Waals surface area contributed by atoms with Crippen molar-refractivity contribution in [3.05, 3.63) is 138 Å². The van der Waals surface area contributed by atoms with Crippen molar-refractivity contribution in [2.45, 2.75) is 98.1 Å². The number of thiophene rings is 1. The van der Waals surface area contributed by atoms with Crippen LogP contribution in [-0.4, -0.2) is 6.71 Å². The summed E-state index contributed by atoms with van der Waals surface area (Å²) in [6.07, 6.45) is 0. The second-order valence-corrected chi connectivity index (χ2v) is 21.9. The number of hydrogen-bond acceptors (Lipinski definition) is 5. The van der Waals surface area contributed by atoms with Gasteiger partial charge in [0, 0.05) is 62.9 Å². The molecule has 0 amide bonds. The van der Waals surface area contributed by atoms with Gasteiger partial charge in [-0.25, -0.2) is 0 Å². The van der Waals surface area contributed by atoms with Gasteiger partial charge in [0.2, 0.25) is 0 Å². The number of rotatable bonds is 2.